The predicted molar refractivity (Wildman–Crippen MR) is 75.5 cm³/mol. The van der Waals surface area contributed by atoms with Crippen LogP contribution in [-0.4, -0.2) is 12.6 Å². The number of benzene rings is 1. The predicted octanol–water partition coefficient (Wildman–Crippen LogP) is 3.79. The summed E-state index contributed by atoms with van der Waals surface area (Å²) in [5.41, 5.74) is 0.694. The molecule has 1 N–H and O–H groups in total. The zero-order valence-corrected chi connectivity index (χ0v) is 11.6. The second kappa shape index (κ2) is 6.78. The maximum Gasteiger partial charge on any atom is 0.126 e. The molecule has 0 bridgehead atoms. The molecule has 0 aliphatic carbocycles. The molecule has 0 spiro atoms. The molecule has 1 unspecified atom stereocenters. The lowest BCUT2D eigenvalue weighted by molar-refractivity contribution is 0.518. The van der Waals surface area contributed by atoms with Crippen molar-refractivity contribution in [3.8, 4) is 0 Å². The van der Waals surface area contributed by atoms with Gasteiger partial charge in [0.25, 0.3) is 0 Å². The van der Waals surface area contributed by atoms with E-state index in [1.807, 2.05) is 18.4 Å². The molecule has 1 aromatic carbocycles. The van der Waals surface area contributed by atoms with Gasteiger partial charge >= 0.3 is 0 Å². The fraction of sp³-hybridized carbons (Fsp3) is 0.333. The molecule has 0 fully saturated rings. The normalized spacial score (nSPS) is 12.6. The van der Waals surface area contributed by atoms with E-state index in [4.69, 9.17) is 0 Å². The molecule has 2 rings (SSSR count). The first kappa shape index (κ1) is 14.2. The minimum atomic E-state index is -0.513. The maximum absolute atomic E-state index is 13.2. The monoisotopic (exact) mass is 281 g/mol. The van der Waals surface area contributed by atoms with Crippen molar-refractivity contribution in [2.45, 2.75) is 25.8 Å². The number of thiophene rings is 1. The lowest BCUT2D eigenvalue weighted by atomic mass is 10.0. The Balaban J connectivity index is 2.07. The van der Waals surface area contributed by atoms with Gasteiger partial charge in [-0.2, -0.15) is 0 Å². The van der Waals surface area contributed by atoms with Gasteiger partial charge < -0.3 is 5.32 Å². The van der Waals surface area contributed by atoms with E-state index in [9.17, 15) is 8.78 Å². The van der Waals surface area contributed by atoms with E-state index in [2.05, 4.69) is 11.4 Å². The van der Waals surface area contributed by atoms with Crippen LogP contribution < -0.4 is 5.32 Å². The van der Waals surface area contributed by atoms with Crippen molar-refractivity contribution in [2.24, 2.45) is 0 Å². The molecule has 0 radical (unpaired) electrons. The van der Waals surface area contributed by atoms with E-state index in [1.54, 1.807) is 11.3 Å². The van der Waals surface area contributed by atoms with Crippen molar-refractivity contribution in [3.63, 3.8) is 0 Å². The van der Waals surface area contributed by atoms with E-state index in [1.165, 1.54) is 17.0 Å². The average molecular weight is 281 g/mol. The third-order valence-corrected chi connectivity index (χ3v) is 3.82. The van der Waals surface area contributed by atoms with Gasteiger partial charge in [-0.05, 0) is 48.5 Å². The summed E-state index contributed by atoms with van der Waals surface area (Å²) in [5.74, 6) is -1.03. The first-order valence-electron chi connectivity index (χ1n) is 6.38. The highest BCUT2D eigenvalue weighted by Crippen LogP contribution is 2.15. The van der Waals surface area contributed by atoms with Crippen LogP contribution in [0.25, 0.3) is 0 Å². The summed E-state index contributed by atoms with van der Waals surface area (Å²) in [4.78, 5) is 1.28. The molecule has 0 aliphatic heterocycles. The van der Waals surface area contributed by atoms with Gasteiger partial charge in [0, 0.05) is 17.0 Å². The second-order valence-electron chi connectivity index (χ2n) is 4.52. The van der Waals surface area contributed by atoms with E-state index in [-0.39, 0.29) is 6.04 Å². The van der Waals surface area contributed by atoms with E-state index in [0.717, 1.165) is 19.0 Å². The van der Waals surface area contributed by atoms with Crippen LogP contribution in [0.15, 0.2) is 35.7 Å². The molecule has 1 aromatic heterocycles. The van der Waals surface area contributed by atoms with Gasteiger partial charge in [0.2, 0.25) is 0 Å². The largest absolute Gasteiger partial charge is 0.314 e. The van der Waals surface area contributed by atoms with Crippen LogP contribution in [0.3, 0.4) is 0 Å². The Morgan fingerprint density at radius 3 is 2.47 bits per heavy atom. The second-order valence-corrected chi connectivity index (χ2v) is 5.55. The van der Waals surface area contributed by atoms with Gasteiger partial charge in [-0.25, -0.2) is 8.78 Å². The highest BCUT2D eigenvalue weighted by Gasteiger charge is 2.11. The molecule has 0 saturated heterocycles. The highest BCUT2D eigenvalue weighted by atomic mass is 32.1. The first-order chi connectivity index (χ1) is 9.17. The van der Waals surface area contributed by atoms with Crippen LogP contribution in [0.2, 0.25) is 0 Å². The van der Waals surface area contributed by atoms with Gasteiger partial charge in [0.05, 0.1) is 0 Å². The molecule has 0 saturated carbocycles. The number of likely N-dealkylation sites (N-methyl/N-ethyl adjacent to an activating group) is 1. The minimum absolute atomic E-state index is 0.199. The Bertz CT molecular complexity index is 491. The molecule has 0 amide bonds. The van der Waals surface area contributed by atoms with Crippen LogP contribution in [0, 0.1) is 11.6 Å². The highest BCUT2D eigenvalue weighted by molar-refractivity contribution is 7.09. The topological polar surface area (TPSA) is 12.0 Å². The van der Waals surface area contributed by atoms with Gasteiger partial charge in [0.15, 0.2) is 0 Å². The van der Waals surface area contributed by atoms with E-state index in [0.29, 0.717) is 12.0 Å². The molecular formula is C15H17F2NS. The van der Waals surface area contributed by atoms with Crippen LogP contribution in [0.5, 0.6) is 0 Å². The van der Waals surface area contributed by atoms with Crippen LogP contribution >= 0.6 is 11.3 Å². The SMILES string of the molecule is CCNC(Cc1cc(F)cc(F)c1)Cc1cccs1. The van der Waals surface area contributed by atoms with Crippen LogP contribution in [-0.2, 0) is 12.8 Å². The third kappa shape index (κ3) is 4.40. The number of hydrogen-bond donors (Lipinski definition) is 1. The van der Waals surface area contributed by atoms with Gasteiger partial charge in [-0.3, -0.25) is 0 Å². The number of rotatable bonds is 6. The lowest BCUT2D eigenvalue weighted by Gasteiger charge is -2.17. The number of hydrogen-bond acceptors (Lipinski definition) is 2. The Hall–Kier alpha value is -1.26. The maximum atomic E-state index is 13.2. The van der Waals surface area contributed by atoms with Crippen molar-refractivity contribution in [1.29, 1.82) is 0 Å². The van der Waals surface area contributed by atoms with Crippen LogP contribution in [0.4, 0.5) is 8.78 Å². The summed E-state index contributed by atoms with van der Waals surface area (Å²) in [6.07, 6.45) is 1.50. The smallest absolute Gasteiger partial charge is 0.126 e. The van der Waals surface area contributed by atoms with E-state index >= 15 is 0 Å². The van der Waals surface area contributed by atoms with Crippen molar-refractivity contribution in [1.82, 2.24) is 5.32 Å². The molecular weight excluding hydrogens is 264 g/mol. The first-order valence-corrected chi connectivity index (χ1v) is 7.26. The fourth-order valence-corrected chi connectivity index (χ4v) is 2.98. The Morgan fingerprint density at radius 1 is 1.16 bits per heavy atom. The zero-order valence-electron chi connectivity index (χ0n) is 10.8. The van der Waals surface area contributed by atoms with Gasteiger partial charge in [0.1, 0.15) is 11.6 Å². The summed E-state index contributed by atoms with van der Waals surface area (Å²) in [5, 5.41) is 5.41. The number of nitrogens with one attached hydrogen (secondary N) is 1. The van der Waals surface area contributed by atoms with Crippen molar-refractivity contribution in [3.05, 3.63) is 57.8 Å². The Labute approximate surface area is 116 Å². The van der Waals surface area contributed by atoms with Crippen molar-refractivity contribution < 1.29 is 8.78 Å². The fourth-order valence-electron chi connectivity index (χ4n) is 2.19. The molecule has 2 aromatic rings. The summed E-state index contributed by atoms with van der Waals surface area (Å²) in [7, 11) is 0. The molecule has 1 heterocycles. The minimum Gasteiger partial charge on any atom is -0.314 e. The van der Waals surface area contributed by atoms with E-state index < -0.39 is 11.6 Å². The third-order valence-electron chi connectivity index (χ3n) is 2.92. The summed E-state index contributed by atoms with van der Waals surface area (Å²) in [6.45, 7) is 2.88. The Morgan fingerprint density at radius 2 is 1.89 bits per heavy atom. The summed E-state index contributed by atoms with van der Waals surface area (Å²) >= 11 is 1.71. The molecule has 0 aliphatic rings. The number of halogens is 2. The van der Waals surface area contributed by atoms with Crippen LogP contribution in [0.1, 0.15) is 17.4 Å². The van der Waals surface area contributed by atoms with Gasteiger partial charge in [-0.15, -0.1) is 11.3 Å². The lowest BCUT2D eigenvalue weighted by Crippen LogP contribution is -2.32. The van der Waals surface area contributed by atoms with Crippen molar-refractivity contribution in [2.75, 3.05) is 6.54 Å². The molecule has 1 atom stereocenters. The molecule has 4 heteroatoms. The van der Waals surface area contributed by atoms with Crippen molar-refractivity contribution >= 4 is 11.3 Å². The molecule has 102 valence electrons. The standard InChI is InChI=1S/C15H17F2NS/c1-2-18-14(10-15-4-3-5-19-15)8-11-6-12(16)9-13(17)7-11/h3-7,9,14,18H,2,8,10H2,1H3. The molecule has 19 heavy (non-hydrogen) atoms. The Kier molecular flexibility index (Phi) is 5.05. The summed E-state index contributed by atoms with van der Waals surface area (Å²) < 4.78 is 26.4. The zero-order chi connectivity index (χ0) is 13.7. The summed E-state index contributed by atoms with van der Waals surface area (Å²) in [6, 6.07) is 8.02. The molecule has 1 nitrogen and oxygen atoms in total. The average Bonchev–Trinajstić information content (AvgIpc) is 2.80. The quantitative estimate of drug-likeness (QED) is 0.849. The van der Waals surface area contributed by atoms with Gasteiger partial charge in [-0.1, -0.05) is 13.0 Å².